The maximum Gasteiger partial charge on any atom is 0.338 e. The molecule has 0 aliphatic rings. The molecule has 0 aliphatic heterocycles. The predicted octanol–water partition coefficient (Wildman–Crippen LogP) is 4.59. The van der Waals surface area contributed by atoms with Crippen LogP contribution in [0.4, 0.5) is 0 Å². The first-order chi connectivity index (χ1) is 12.3. The van der Waals surface area contributed by atoms with Crippen molar-refractivity contribution >= 4 is 46.0 Å². The Labute approximate surface area is 159 Å². The highest BCUT2D eigenvalue weighted by Gasteiger charge is 2.15. The number of carbonyl (C=O) groups excluding carboxylic acids is 2. The minimum absolute atomic E-state index is 0.213. The summed E-state index contributed by atoms with van der Waals surface area (Å²) in [5.41, 5.74) is 3.45. The first-order valence-electron chi connectivity index (χ1n) is 7.75. The molecule has 0 atom stereocenters. The Morgan fingerprint density at radius 3 is 2.35 bits per heavy atom. The molecule has 0 radical (unpaired) electrons. The van der Waals surface area contributed by atoms with E-state index < -0.39 is 18.4 Å². The Morgan fingerprint density at radius 2 is 1.65 bits per heavy atom. The van der Waals surface area contributed by atoms with Crippen molar-refractivity contribution in [1.29, 1.82) is 0 Å². The van der Waals surface area contributed by atoms with E-state index in [0.717, 1.165) is 11.4 Å². The summed E-state index contributed by atoms with van der Waals surface area (Å²) in [6, 6.07) is 9.39. The normalized spacial score (nSPS) is 10.8. The lowest BCUT2D eigenvalue weighted by Crippen LogP contribution is -2.14. The fourth-order valence-electron chi connectivity index (χ4n) is 2.37. The number of ketones is 1. The molecule has 0 saturated heterocycles. The zero-order valence-electron chi connectivity index (χ0n) is 14.0. The molecule has 0 N–H and O–H groups in total. The summed E-state index contributed by atoms with van der Waals surface area (Å²) in [4.78, 5) is 33.2. The minimum Gasteiger partial charge on any atom is -0.454 e. The molecule has 0 spiro atoms. The number of hydrogen-bond donors (Lipinski definition) is 0. The van der Waals surface area contributed by atoms with E-state index in [1.807, 2.05) is 13.8 Å². The van der Waals surface area contributed by atoms with E-state index in [1.165, 1.54) is 12.1 Å². The van der Waals surface area contributed by atoms with Crippen LogP contribution in [0.1, 0.15) is 32.1 Å². The van der Waals surface area contributed by atoms with Crippen LogP contribution in [-0.2, 0) is 4.74 Å². The van der Waals surface area contributed by atoms with Crippen LogP contribution < -0.4 is 0 Å². The first-order valence-corrected chi connectivity index (χ1v) is 8.51. The molecule has 1 aromatic heterocycles. The molecule has 7 heteroatoms. The number of fused-ring (bicyclic) bond motifs is 1. The molecular formula is C19H14Cl2N2O3. The summed E-state index contributed by atoms with van der Waals surface area (Å²) in [7, 11) is 0. The van der Waals surface area contributed by atoms with Crippen LogP contribution in [0.2, 0.25) is 10.0 Å². The van der Waals surface area contributed by atoms with E-state index in [0.29, 0.717) is 21.6 Å². The summed E-state index contributed by atoms with van der Waals surface area (Å²) >= 11 is 11.8. The molecule has 5 nitrogen and oxygen atoms in total. The highest BCUT2D eigenvalue weighted by Crippen LogP contribution is 2.21. The number of aromatic nitrogens is 2. The second-order valence-electron chi connectivity index (χ2n) is 5.72. The summed E-state index contributed by atoms with van der Waals surface area (Å²) in [6.45, 7) is 3.30. The van der Waals surface area contributed by atoms with Crippen LogP contribution >= 0.6 is 23.2 Å². The SMILES string of the molecule is Cc1nc2ccc(C(=O)OCC(=O)c3ccc(Cl)cc3Cl)cc2nc1C. The second-order valence-corrected chi connectivity index (χ2v) is 6.57. The lowest BCUT2D eigenvalue weighted by molar-refractivity contribution is 0.0475. The Kier molecular flexibility index (Phi) is 5.20. The summed E-state index contributed by atoms with van der Waals surface area (Å²) < 4.78 is 5.10. The lowest BCUT2D eigenvalue weighted by atomic mass is 10.1. The van der Waals surface area contributed by atoms with Gasteiger partial charge in [-0.1, -0.05) is 23.2 Å². The van der Waals surface area contributed by atoms with Gasteiger partial charge in [-0.15, -0.1) is 0 Å². The predicted molar refractivity (Wildman–Crippen MR) is 100 cm³/mol. The van der Waals surface area contributed by atoms with Crippen molar-refractivity contribution in [2.24, 2.45) is 0 Å². The Hall–Kier alpha value is -2.50. The van der Waals surface area contributed by atoms with Crippen molar-refractivity contribution in [3.8, 4) is 0 Å². The van der Waals surface area contributed by atoms with Gasteiger partial charge in [0.15, 0.2) is 6.61 Å². The molecule has 2 aromatic carbocycles. The van der Waals surface area contributed by atoms with Gasteiger partial charge in [0.1, 0.15) is 0 Å². The van der Waals surface area contributed by atoms with Crippen LogP contribution in [0.15, 0.2) is 36.4 Å². The topological polar surface area (TPSA) is 69.2 Å². The third kappa shape index (κ3) is 3.84. The quantitative estimate of drug-likeness (QED) is 0.482. The van der Waals surface area contributed by atoms with Crippen molar-refractivity contribution in [3.63, 3.8) is 0 Å². The van der Waals surface area contributed by atoms with Gasteiger partial charge in [-0.05, 0) is 50.2 Å². The van der Waals surface area contributed by atoms with Gasteiger partial charge in [-0.25, -0.2) is 14.8 Å². The average molecular weight is 389 g/mol. The fraction of sp³-hybridized carbons (Fsp3) is 0.158. The highest BCUT2D eigenvalue weighted by atomic mass is 35.5. The molecule has 0 amide bonds. The van der Waals surface area contributed by atoms with Gasteiger partial charge in [0, 0.05) is 10.6 Å². The highest BCUT2D eigenvalue weighted by molar-refractivity contribution is 6.36. The second kappa shape index (κ2) is 7.40. The smallest absolute Gasteiger partial charge is 0.338 e. The molecule has 0 bridgehead atoms. The number of ether oxygens (including phenoxy) is 1. The number of nitrogens with zero attached hydrogens (tertiary/aromatic N) is 2. The van der Waals surface area contributed by atoms with Crippen molar-refractivity contribution in [2.45, 2.75) is 13.8 Å². The molecular weight excluding hydrogens is 375 g/mol. The van der Waals surface area contributed by atoms with E-state index in [9.17, 15) is 9.59 Å². The van der Waals surface area contributed by atoms with Gasteiger partial charge in [-0.2, -0.15) is 0 Å². The van der Waals surface area contributed by atoms with Crippen LogP contribution in [0.25, 0.3) is 11.0 Å². The third-order valence-electron chi connectivity index (χ3n) is 3.88. The first kappa shape index (κ1) is 18.3. The Bertz CT molecular complexity index is 1030. The summed E-state index contributed by atoms with van der Waals surface area (Å²) in [5, 5.41) is 0.636. The van der Waals surface area contributed by atoms with E-state index in [1.54, 1.807) is 24.3 Å². The molecule has 0 aliphatic carbocycles. The number of rotatable bonds is 4. The average Bonchev–Trinajstić information content (AvgIpc) is 2.60. The van der Waals surface area contributed by atoms with Crippen LogP contribution in [0.5, 0.6) is 0 Å². The Morgan fingerprint density at radius 1 is 0.962 bits per heavy atom. The maximum atomic E-state index is 12.2. The van der Waals surface area contributed by atoms with Crippen molar-refractivity contribution in [2.75, 3.05) is 6.61 Å². The third-order valence-corrected chi connectivity index (χ3v) is 4.42. The number of esters is 1. The van der Waals surface area contributed by atoms with E-state index >= 15 is 0 Å². The molecule has 0 fully saturated rings. The van der Waals surface area contributed by atoms with Crippen LogP contribution in [0, 0.1) is 13.8 Å². The van der Waals surface area contributed by atoms with Crippen LogP contribution in [0.3, 0.4) is 0 Å². The van der Waals surface area contributed by atoms with Gasteiger partial charge in [0.2, 0.25) is 5.78 Å². The monoisotopic (exact) mass is 388 g/mol. The molecule has 3 rings (SSSR count). The van der Waals surface area contributed by atoms with E-state index in [2.05, 4.69) is 9.97 Å². The number of Topliss-reactive ketones (excluding diaryl/α,β-unsaturated/α-hetero) is 1. The summed E-state index contributed by atoms with van der Waals surface area (Å²) in [5.74, 6) is -1.03. The molecule has 0 saturated carbocycles. The number of hydrogen-bond acceptors (Lipinski definition) is 5. The number of benzene rings is 2. The fourth-order valence-corrected chi connectivity index (χ4v) is 2.88. The zero-order chi connectivity index (χ0) is 18.8. The van der Waals surface area contributed by atoms with Gasteiger partial charge < -0.3 is 4.74 Å². The lowest BCUT2D eigenvalue weighted by Gasteiger charge is -2.07. The standard InChI is InChI=1S/C19H14Cl2N2O3/c1-10-11(2)23-17-7-12(3-6-16(17)22-10)19(25)26-9-18(24)14-5-4-13(20)8-15(14)21/h3-8H,9H2,1-2H3. The molecule has 1 heterocycles. The maximum absolute atomic E-state index is 12.2. The molecule has 132 valence electrons. The van der Waals surface area contributed by atoms with Gasteiger partial charge in [0.25, 0.3) is 0 Å². The van der Waals surface area contributed by atoms with Gasteiger partial charge in [-0.3, -0.25) is 4.79 Å². The van der Waals surface area contributed by atoms with Crippen molar-refractivity contribution in [3.05, 3.63) is 69.0 Å². The van der Waals surface area contributed by atoms with E-state index in [-0.39, 0.29) is 10.6 Å². The number of aryl methyl sites for hydroxylation is 2. The summed E-state index contributed by atoms with van der Waals surface area (Å²) in [6.07, 6.45) is 0. The molecule has 0 unspecified atom stereocenters. The van der Waals surface area contributed by atoms with Gasteiger partial charge in [0.05, 0.1) is 33.0 Å². The molecule has 26 heavy (non-hydrogen) atoms. The minimum atomic E-state index is -0.620. The van der Waals surface area contributed by atoms with Gasteiger partial charge >= 0.3 is 5.97 Å². The Balaban J connectivity index is 1.74. The molecule has 3 aromatic rings. The largest absolute Gasteiger partial charge is 0.454 e. The van der Waals surface area contributed by atoms with E-state index in [4.69, 9.17) is 27.9 Å². The van der Waals surface area contributed by atoms with Crippen molar-refractivity contribution in [1.82, 2.24) is 9.97 Å². The zero-order valence-corrected chi connectivity index (χ0v) is 15.6. The van der Waals surface area contributed by atoms with Crippen molar-refractivity contribution < 1.29 is 14.3 Å². The number of halogens is 2. The number of carbonyl (C=O) groups is 2. The van der Waals surface area contributed by atoms with Crippen LogP contribution in [-0.4, -0.2) is 28.3 Å².